The Hall–Kier alpha value is -1.90. The SMILES string of the molecule is O=C(CN1CCC(C(F)(F)F)CC1)N1CCc2c(nc[nH]c2=O)C1. The lowest BCUT2D eigenvalue weighted by molar-refractivity contribution is -0.185. The van der Waals surface area contributed by atoms with E-state index in [4.69, 9.17) is 0 Å². The van der Waals surface area contributed by atoms with Gasteiger partial charge in [-0.1, -0.05) is 0 Å². The summed E-state index contributed by atoms with van der Waals surface area (Å²) >= 11 is 0. The normalized spacial score (nSPS) is 20.0. The number of H-pyrrole nitrogens is 1. The molecule has 0 unspecified atom stereocenters. The molecule has 3 heterocycles. The quantitative estimate of drug-likeness (QED) is 0.867. The van der Waals surface area contributed by atoms with Gasteiger partial charge in [0.1, 0.15) is 0 Å². The Kier molecular flexibility index (Phi) is 4.62. The third-order valence-electron chi connectivity index (χ3n) is 4.77. The van der Waals surface area contributed by atoms with Gasteiger partial charge in [-0.15, -0.1) is 0 Å². The first-order chi connectivity index (χ1) is 11.3. The summed E-state index contributed by atoms with van der Waals surface area (Å²) in [5, 5.41) is 0. The van der Waals surface area contributed by atoms with Crippen molar-refractivity contribution in [2.45, 2.75) is 32.0 Å². The number of alkyl halides is 3. The first kappa shape index (κ1) is 16.9. The summed E-state index contributed by atoms with van der Waals surface area (Å²) in [5.41, 5.74) is 1.02. The average molecular weight is 344 g/mol. The van der Waals surface area contributed by atoms with E-state index in [1.54, 1.807) is 9.80 Å². The molecule has 0 bridgehead atoms. The number of carbonyl (C=O) groups is 1. The largest absolute Gasteiger partial charge is 0.391 e. The first-order valence-corrected chi connectivity index (χ1v) is 7.97. The van der Waals surface area contributed by atoms with Crippen molar-refractivity contribution >= 4 is 5.91 Å². The van der Waals surface area contributed by atoms with Gasteiger partial charge in [0.15, 0.2) is 0 Å². The number of likely N-dealkylation sites (tertiary alicyclic amines) is 1. The molecule has 0 aliphatic carbocycles. The monoisotopic (exact) mass is 344 g/mol. The molecule has 24 heavy (non-hydrogen) atoms. The second-order valence-corrected chi connectivity index (χ2v) is 6.31. The third-order valence-corrected chi connectivity index (χ3v) is 4.77. The predicted octanol–water partition coefficient (Wildman–Crippen LogP) is 0.929. The highest BCUT2D eigenvalue weighted by Crippen LogP contribution is 2.34. The molecule has 0 radical (unpaired) electrons. The van der Waals surface area contributed by atoms with Crippen LogP contribution in [0, 0.1) is 5.92 Å². The second kappa shape index (κ2) is 6.54. The molecule has 1 aromatic heterocycles. The van der Waals surface area contributed by atoms with Crippen LogP contribution in [-0.4, -0.2) is 58.0 Å². The number of fused-ring (bicyclic) bond motifs is 1. The van der Waals surface area contributed by atoms with Crippen molar-refractivity contribution in [3.05, 3.63) is 27.9 Å². The molecule has 2 aliphatic rings. The van der Waals surface area contributed by atoms with E-state index in [2.05, 4.69) is 9.97 Å². The molecule has 9 heteroatoms. The van der Waals surface area contributed by atoms with E-state index in [0.717, 1.165) is 0 Å². The van der Waals surface area contributed by atoms with E-state index in [-0.39, 0.29) is 50.5 Å². The number of hydrogen-bond donors (Lipinski definition) is 1. The number of carbonyl (C=O) groups excluding carboxylic acids is 1. The maximum Gasteiger partial charge on any atom is 0.391 e. The zero-order valence-electron chi connectivity index (χ0n) is 13.1. The van der Waals surface area contributed by atoms with Crippen molar-refractivity contribution < 1.29 is 18.0 Å². The molecule has 1 fully saturated rings. The lowest BCUT2D eigenvalue weighted by atomic mass is 9.96. The van der Waals surface area contributed by atoms with Gasteiger partial charge in [-0.2, -0.15) is 13.2 Å². The molecule has 0 aromatic carbocycles. The number of hydrogen-bond acceptors (Lipinski definition) is 4. The fourth-order valence-corrected chi connectivity index (χ4v) is 3.29. The number of halogens is 3. The van der Waals surface area contributed by atoms with E-state index in [0.29, 0.717) is 24.2 Å². The van der Waals surface area contributed by atoms with Gasteiger partial charge in [0.05, 0.1) is 31.0 Å². The van der Waals surface area contributed by atoms with Crippen molar-refractivity contribution in [3.63, 3.8) is 0 Å². The minimum atomic E-state index is -4.15. The van der Waals surface area contributed by atoms with E-state index in [1.807, 2.05) is 0 Å². The molecule has 0 spiro atoms. The summed E-state index contributed by atoms with van der Waals surface area (Å²) in [6.45, 7) is 1.37. The Morgan fingerprint density at radius 1 is 1.29 bits per heavy atom. The van der Waals surface area contributed by atoms with E-state index < -0.39 is 12.1 Å². The minimum Gasteiger partial charge on any atom is -0.335 e. The minimum absolute atomic E-state index is 0.0382. The lowest BCUT2D eigenvalue weighted by Gasteiger charge is -2.34. The Morgan fingerprint density at radius 3 is 2.67 bits per heavy atom. The van der Waals surface area contributed by atoms with Crippen LogP contribution in [0.2, 0.25) is 0 Å². The summed E-state index contributed by atoms with van der Waals surface area (Å²) in [7, 11) is 0. The molecule has 0 saturated carbocycles. The highest BCUT2D eigenvalue weighted by molar-refractivity contribution is 5.78. The number of piperidine rings is 1. The molecular formula is C15H19F3N4O2. The number of rotatable bonds is 2. The molecule has 6 nitrogen and oxygen atoms in total. The van der Waals surface area contributed by atoms with Gasteiger partial charge in [-0.25, -0.2) is 4.98 Å². The highest BCUT2D eigenvalue weighted by Gasteiger charge is 2.41. The zero-order valence-corrected chi connectivity index (χ0v) is 13.1. The van der Waals surface area contributed by atoms with Crippen LogP contribution in [-0.2, 0) is 17.8 Å². The molecule has 1 amide bonds. The Labute approximate surface area is 136 Å². The van der Waals surface area contributed by atoms with Crippen molar-refractivity contribution in [1.82, 2.24) is 19.8 Å². The topological polar surface area (TPSA) is 69.3 Å². The van der Waals surface area contributed by atoms with Crippen LogP contribution in [0.1, 0.15) is 24.1 Å². The number of aromatic nitrogens is 2. The first-order valence-electron chi connectivity index (χ1n) is 7.97. The van der Waals surface area contributed by atoms with Crippen LogP contribution < -0.4 is 5.56 Å². The van der Waals surface area contributed by atoms with Gasteiger partial charge >= 0.3 is 6.18 Å². The molecule has 3 rings (SSSR count). The number of amides is 1. The summed E-state index contributed by atoms with van der Waals surface area (Å²) in [5.74, 6) is -1.39. The van der Waals surface area contributed by atoms with Crippen molar-refractivity contribution in [2.75, 3.05) is 26.2 Å². The number of nitrogens with one attached hydrogen (secondary N) is 1. The predicted molar refractivity (Wildman–Crippen MR) is 79.2 cm³/mol. The van der Waals surface area contributed by atoms with Gasteiger partial charge in [0, 0.05) is 12.1 Å². The van der Waals surface area contributed by atoms with Crippen LogP contribution in [0.25, 0.3) is 0 Å². The summed E-state index contributed by atoms with van der Waals surface area (Å²) in [6.07, 6.45) is -2.31. The second-order valence-electron chi connectivity index (χ2n) is 6.31. The van der Waals surface area contributed by atoms with Crippen LogP contribution in [0.5, 0.6) is 0 Å². The number of nitrogens with zero attached hydrogens (tertiary/aromatic N) is 3. The maximum atomic E-state index is 12.7. The molecular weight excluding hydrogens is 325 g/mol. The molecule has 1 N–H and O–H groups in total. The van der Waals surface area contributed by atoms with Gasteiger partial charge in [0.2, 0.25) is 5.91 Å². The van der Waals surface area contributed by atoms with Crippen molar-refractivity contribution in [1.29, 1.82) is 0 Å². The number of aromatic amines is 1. The standard InChI is InChI=1S/C15H19F3N4O2/c16-15(17,18)10-1-4-21(5-2-10)8-13(23)22-6-3-11-12(7-22)19-9-20-14(11)24/h9-10H,1-8H2,(H,19,20,24). The maximum absolute atomic E-state index is 12.7. The molecule has 1 saturated heterocycles. The molecule has 2 aliphatic heterocycles. The van der Waals surface area contributed by atoms with Crippen LogP contribution >= 0.6 is 0 Å². The Balaban J connectivity index is 1.55. The fourth-order valence-electron chi connectivity index (χ4n) is 3.29. The average Bonchev–Trinajstić information content (AvgIpc) is 2.54. The van der Waals surface area contributed by atoms with Crippen LogP contribution in [0.4, 0.5) is 13.2 Å². The highest BCUT2D eigenvalue weighted by atomic mass is 19.4. The van der Waals surface area contributed by atoms with Gasteiger partial charge in [-0.05, 0) is 32.4 Å². The smallest absolute Gasteiger partial charge is 0.335 e. The van der Waals surface area contributed by atoms with E-state index in [9.17, 15) is 22.8 Å². The van der Waals surface area contributed by atoms with Gasteiger partial charge < -0.3 is 9.88 Å². The summed E-state index contributed by atoms with van der Waals surface area (Å²) in [4.78, 5) is 34.1. The lowest BCUT2D eigenvalue weighted by Crippen LogP contribution is -2.47. The Morgan fingerprint density at radius 2 is 2.00 bits per heavy atom. The Bertz CT molecular complexity index is 665. The van der Waals surface area contributed by atoms with Crippen molar-refractivity contribution in [2.24, 2.45) is 5.92 Å². The third kappa shape index (κ3) is 3.61. The van der Waals surface area contributed by atoms with Crippen LogP contribution in [0.3, 0.4) is 0 Å². The zero-order chi connectivity index (χ0) is 17.3. The van der Waals surface area contributed by atoms with Crippen molar-refractivity contribution in [3.8, 4) is 0 Å². The molecule has 132 valence electrons. The summed E-state index contributed by atoms with van der Waals surface area (Å²) in [6, 6.07) is 0. The fraction of sp³-hybridized carbons (Fsp3) is 0.667. The molecule has 1 aromatic rings. The van der Waals surface area contributed by atoms with Gasteiger partial charge in [0.25, 0.3) is 5.56 Å². The van der Waals surface area contributed by atoms with Gasteiger partial charge in [-0.3, -0.25) is 14.5 Å². The summed E-state index contributed by atoms with van der Waals surface area (Å²) < 4.78 is 38.0. The van der Waals surface area contributed by atoms with Crippen LogP contribution in [0.15, 0.2) is 11.1 Å². The molecule has 0 atom stereocenters. The van der Waals surface area contributed by atoms with E-state index in [1.165, 1.54) is 6.33 Å². The van der Waals surface area contributed by atoms with E-state index >= 15 is 0 Å².